The molecule has 1 heterocycles. The average molecular weight is 280 g/mol. The fourth-order valence-electron chi connectivity index (χ4n) is 1.59. The number of rotatable bonds is 6. The van der Waals surface area contributed by atoms with Crippen molar-refractivity contribution in [2.45, 2.75) is 18.9 Å². The summed E-state index contributed by atoms with van der Waals surface area (Å²) < 4.78 is 4.93. The van der Waals surface area contributed by atoms with E-state index in [1.807, 2.05) is 6.07 Å². The van der Waals surface area contributed by atoms with E-state index in [1.165, 1.54) is 11.3 Å². The summed E-state index contributed by atoms with van der Waals surface area (Å²) in [5.41, 5.74) is 6.46. The number of nitriles is 1. The zero-order valence-electron chi connectivity index (χ0n) is 10.7. The first-order valence-corrected chi connectivity index (χ1v) is 6.85. The lowest BCUT2D eigenvalue weighted by Gasteiger charge is -2.02. The van der Waals surface area contributed by atoms with Crippen molar-refractivity contribution in [3.05, 3.63) is 10.4 Å². The Morgan fingerprint density at radius 2 is 2.37 bits per heavy atom. The van der Waals surface area contributed by atoms with E-state index in [-0.39, 0.29) is 17.6 Å². The highest BCUT2D eigenvalue weighted by Gasteiger charge is 2.27. The molecule has 7 heteroatoms. The van der Waals surface area contributed by atoms with Gasteiger partial charge in [0, 0.05) is 19.7 Å². The van der Waals surface area contributed by atoms with Crippen molar-refractivity contribution in [3.8, 4) is 6.07 Å². The van der Waals surface area contributed by atoms with Gasteiger partial charge < -0.3 is 21.1 Å². The van der Waals surface area contributed by atoms with E-state index in [1.54, 1.807) is 7.11 Å². The molecule has 2 rings (SSSR count). The van der Waals surface area contributed by atoms with Crippen LogP contribution in [0.3, 0.4) is 0 Å². The molecule has 6 nitrogen and oxygen atoms in total. The van der Waals surface area contributed by atoms with Crippen LogP contribution in [0.25, 0.3) is 0 Å². The van der Waals surface area contributed by atoms with Gasteiger partial charge in [-0.2, -0.15) is 5.26 Å². The number of thiophene rings is 1. The van der Waals surface area contributed by atoms with Gasteiger partial charge in [0.2, 0.25) is 0 Å². The van der Waals surface area contributed by atoms with Crippen LogP contribution in [-0.2, 0) is 4.74 Å². The van der Waals surface area contributed by atoms with Gasteiger partial charge in [-0.3, -0.25) is 4.79 Å². The summed E-state index contributed by atoms with van der Waals surface area (Å²) in [6, 6.07) is 2.31. The largest absolute Gasteiger partial charge is 0.396 e. The van der Waals surface area contributed by atoms with E-state index in [0.717, 1.165) is 12.8 Å². The predicted octanol–water partition coefficient (Wildman–Crippen LogP) is 1.15. The van der Waals surface area contributed by atoms with E-state index < -0.39 is 0 Å². The summed E-state index contributed by atoms with van der Waals surface area (Å²) in [5.74, 6) is -0.193. The van der Waals surface area contributed by atoms with Crippen LogP contribution in [0.2, 0.25) is 0 Å². The number of amides is 1. The standard InChI is InChI=1S/C12H16N4O2S/c1-18-5-4-15-12-8(6-13)9(14)10(19-12)11(17)16-7-2-3-7/h7,15H,2-5,14H2,1H3,(H,16,17). The molecule has 1 aliphatic carbocycles. The van der Waals surface area contributed by atoms with Gasteiger partial charge in [-0.25, -0.2) is 0 Å². The third-order valence-electron chi connectivity index (χ3n) is 2.77. The summed E-state index contributed by atoms with van der Waals surface area (Å²) in [4.78, 5) is 12.4. The number of carbonyl (C=O) groups is 1. The van der Waals surface area contributed by atoms with Crippen LogP contribution >= 0.6 is 11.3 Å². The summed E-state index contributed by atoms with van der Waals surface area (Å²) >= 11 is 1.21. The van der Waals surface area contributed by atoms with Crippen molar-refractivity contribution < 1.29 is 9.53 Å². The van der Waals surface area contributed by atoms with Crippen molar-refractivity contribution in [3.63, 3.8) is 0 Å². The minimum absolute atomic E-state index is 0.193. The lowest BCUT2D eigenvalue weighted by molar-refractivity contribution is 0.0956. The molecular formula is C12H16N4O2S. The summed E-state index contributed by atoms with van der Waals surface area (Å²) in [5, 5.41) is 15.7. The molecule has 0 aliphatic heterocycles. The quantitative estimate of drug-likeness (QED) is 0.679. The van der Waals surface area contributed by atoms with Gasteiger partial charge in [-0.1, -0.05) is 0 Å². The van der Waals surface area contributed by atoms with Crippen LogP contribution < -0.4 is 16.4 Å². The van der Waals surface area contributed by atoms with E-state index in [2.05, 4.69) is 10.6 Å². The Balaban J connectivity index is 2.14. The highest BCUT2D eigenvalue weighted by molar-refractivity contribution is 7.18. The predicted molar refractivity (Wildman–Crippen MR) is 74.3 cm³/mol. The summed E-state index contributed by atoms with van der Waals surface area (Å²) in [6.07, 6.45) is 2.03. The third-order valence-corrected chi connectivity index (χ3v) is 3.93. The maximum absolute atomic E-state index is 12.0. The minimum atomic E-state index is -0.193. The maximum Gasteiger partial charge on any atom is 0.263 e. The topological polar surface area (TPSA) is 100 Å². The first-order valence-electron chi connectivity index (χ1n) is 6.03. The molecule has 0 radical (unpaired) electrons. The normalized spacial score (nSPS) is 13.9. The van der Waals surface area contributed by atoms with Gasteiger partial charge in [-0.05, 0) is 12.8 Å². The number of ether oxygens (including phenoxy) is 1. The summed E-state index contributed by atoms with van der Waals surface area (Å²) in [6.45, 7) is 1.08. The molecule has 0 atom stereocenters. The van der Waals surface area contributed by atoms with Gasteiger partial charge in [-0.15, -0.1) is 11.3 Å². The molecule has 1 aliphatic rings. The van der Waals surface area contributed by atoms with E-state index in [4.69, 9.17) is 15.7 Å². The van der Waals surface area contributed by atoms with Crippen molar-refractivity contribution >= 4 is 27.9 Å². The Hall–Kier alpha value is -1.78. The minimum Gasteiger partial charge on any atom is -0.396 e. The van der Waals surface area contributed by atoms with E-state index in [0.29, 0.717) is 28.6 Å². The van der Waals surface area contributed by atoms with Crippen molar-refractivity contribution in [2.24, 2.45) is 0 Å². The Labute approximate surface area is 115 Å². The van der Waals surface area contributed by atoms with E-state index >= 15 is 0 Å². The lowest BCUT2D eigenvalue weighted by atomic mass is 10.2. The first kappa shape index (κ1) is 13.6. The van der Waals surface area contributed by atoms with Crippen LogP contribution in [0.1, 0.15) is 28.1 Å². The molecule has 1 aromatic rings. The number of hydrogen-bond donors (Lipinski definition) is 3. The van der Waals surface area contributed by atoms with Gasteiger partial charge in [0.1, 0.15) is 21.5 Å². The molecule has 1 aromatic heterocycles. The molecule has 1 saturated carbocycles. The molecule has 4 N–H and O–H groups in total. The SMILES string of the molecule is COCCNc1sc(C(=O)NC2CC2)c(N)c1C#N. The molecule has 0 saturated heterocycles. The lowest BCUT2D eigenvalue weighted by Crippen LogP contribution is -2.25. The van der Waals surface area contributed by atoms with Crippen molar-refractivity contribution in [2.75, 3.05) is 31.3 Å². The number of nitrogens with one attached hydrogen (secondary N) is 2. The first-order chi connectivity index (χ1) is 9.17. The Bertz CT molecular complexity index is 517. The zero-order chi connectivity index (χ0) is 13.8. The highest BCUT2D eigenvalue weighted by Crippen LogP contribution is 2.35. The van der Waals surface area contributed by atoms with Gasteiger partial charge in [0.25, 0.3) is 5.91 Å². The Morgan fingerprint density at radius 3 is 2.95 bits per heavy atom. The number of carbonyl (C=O) groups excluding carboxylic acids is 1. The Morgan fingerprint density at radius 1 is 1.63 bits per heavy atom. The fourth-order valence-corrected chi connectivity index (χ4v) is 2.59. The molecule has 0 unspecified atom stereocenters. The monoisotopic (exact) mass is 280 g/mol. The molecule has 102 valence electrons. The molecular weight excluding hydrogens is 264 g/mol. The second-order valence-corrected chi connectivity index (χ2v) is 5.35. The maximum atomic E-state index is 12.0. The molecule has 0 spiro atoms. The number of anilines is 2. The number of hydrogen-bond acceptors (Lipinski definition) is 6. The van der Waals surface area contributed by atoms with Gasteiger partial charge in [0.05, 0.1) is 12.3 Å². The highest BCUT2D eigenvalue weighted by atomic mass is 32.1. The number of methoxy groups -OCH3 is 1. The molecule has 0 bridgehead atoms. The number of nitrogens with zero attached hydrogens (tertiary/aromatic N) is 1. The molecule has 1 fully saturated rings. The number of nitrogen functional groups attached to an aromatic ring is 1. The van der Waals surface area contributed by atoms with Crippen LogP contribution in [0.4, 0.5) is 10.7 Å². The van der Waals surface area contributed by atoms with Crippen LogP contribution in [-0.4, -0.2) is 32.2 Å². The zero-order valence-corrected chi connectivity index (χ0v) is 11.5. The second-order valence-electron chi connectivity index (χ2n) is 4.33. The molecule has 19 heavy (non-hydrogen) atoms. The molecule has 0 aromatic carbocycles. The third kappa shape index (κ3) is 3.16. The van der Waals surface area contributed by atoms with Crippen molar-refractivity contribution in [1.29, 1.82) is 5.26 Å². The smallest absolute Gasteiger partial charge is 0.263 e. The molecule has 1 amide bonds. The number of nitrogens with two attached hydrogens (primary N) is 1. The van der Waals surface area contributed by atoms with E-state index in [9.17, 15) is 4.79 Å². The Kier molecular flexibility index (Phi) is 4.24. The van der Waals surface area contributed by atoms with Crippen molar-refractivity contribution in [1.82, 2.24) is 5.32 Å². The van der Waals surface area contributed by atoms with Crippen LogP contribution in [0, 0.1) is 11.3 Å². The van der Waals surface area contributed by atoms with Gasteiger partial charge in [0.15, 0.2) is 0 Å². The van der Waals surface area contributed by atoms with Crippen LogP contribution in [0.5, 0.6) is 0 Å². The van der Waals surface area contributed by atoms with Gasteiger partial charge >= 0.3 is 0 Å². The fraction of sp³-hybridized carbons (Fsp3) is 0.500. The average Bonchev–Trinajstić information content (AvgIpc) is 3.13. The second kappa shape index (κ2) is 5.91. The van der Waals surface area contributed by atoms with Crippen LogP contribution in [0.15, 0.2) is 0 Å². The summed E-state index contributed by atoms with van der Waals surface area (Å²) in [7, 11) is 1.60.